The Morgan fingerprint density at radius 2 is 2.19 bits per heavy atom. The van der Waals surface area contributed by atoms with Gasteiger partial charge in [0.25, 0.3) is 5.91 Å². The Morgan fingerprint density at radius 1 is 1.50 bits per heavy atom. The molecule has 2 rings (SSSR count). The summed E-state index contributed by atoms with van der Waals surface area (Å²) in [5, 5.41) is 2.94. The Bertz CT molecular complexity index is 411. The molecule has 0 saturated heterocycles. The molecule has 0 aliphatic heterocycles. The van der Waals surface area contributed by atoms with Gasteiger partial charge in [-0.25, -0.2) is 4.98 Å². The molecule has 4 nitrogen and oxygen atoms in total. The average Bonchev–Trinajstić information content (AvgIpc) is 3.00. The maximum atomic E-state index is 11.8. The molecule has 0 bridgehead atoms. The van der Waals surface area contributed by atoms with Crippen LogP contribution < -0.4 is 11.1 Å². The first-order valence-corrected chi connectivity index (χ1v) is 5.64. The van der Waals surface area contributed by atoms with Gasteiger partial charge < -0.3 is 11.1 Å². The highest BCUT2D eigenvalue weighted by Gasteiger charge is 2.24. The summed E-state index contributed by atoms with van der Waals surface area (Å²) < 4.78 is 0. The number of amides is 1. The molecule has 0 aromatic carbocycles. The van der Waals surface area contributed by atoms with Crippen LogP contribution in [0.3, 0.4) is 0 Å². The van der Waals surface area contributed by atoms with E-state index in [2.05, 4.69) is 10.3 Å². The fourth-order valence-electron chi connectivity index (χ4n) is 1.50. The van der Waals surface area contributed by atoms with E-state index in [1.54, 1.807) is 6.07 Å². The summed E-state index contributed by atoms with van der Waals surface area (Å²) >= 11 is 0. The van der Waals surface area contributed by atoms with Crippen LogP contribution in [0.5, 0.6) is 0 Å². The number of nitrogens with zero attached hydrogens (tertiary/aromatic N) is 1. The van der Waals surface area contributed by atoms with Gasteiger partial charge in [-0.1, -0.05) is 13.8 Å². The zero-order valence-electron chi connectivity index (χ0n) is 9.66. The van der Waals surface area contributed by atoms with Crippen LogP contribution in [0.1, 0.15) is 48.7 Å². The van der Waals surface area contributed by atoms with E-state index in [4.69, 9.17) is 5.73 Å². The second-order valence-electron chi connectivity index (χ2n) is 4.61. The molecule has 4 heteroatoms. The van der Waals surface area contributed by atoms with Crippen LogP contribution in [0.15, 0.2) is 12.1 Å². The van der Waals surface area contributed by atoms with E-state index in [1.165, 1.54) is 0 Å². The van der Waals surface area contributed by atoms with Crippen LogP contribution in [0, 0.1) is 0 Å². The summed E-state index contributed by atoms with van der Waals surface area (Å²) in [4.78, 5) is 16.0. The predicted octanol–water partition coefficient (Wildman–Crippen LogP) is 1.68. The van der Waals surface area contributed by atoms with Gasteiger partial charge in [0.1, 0.15) is 5.82 Å². The van der Waals surface area contributed by atoms with Crippen molar-refractivity contribution in [2.24, 2.45) is 0 Å². The number of carbonyl (C=O) groups excluding carboxylic acids is 1. The fraction of sp³-hybridized carbons (Fsp3) is 0.500. The summed E-state index contributed by atoms with van der Waals surface area (Å²) in [6, 6.07) is 3.81. The van der Waals surface area contributed by atoms with Crippen molar-refractivity contribution < 1.29 is 4.79 Å². The van der Waals surface area contributed by atoms with Crippen molar-refractivity contribution in [2.45, 2.75) is 38.6 Å². The van der Waals surface area contributed by atoms with Gasteiger partial charge in [0.15, 0.2) is 0 Å². The smallest absolute Gasteiger partial charge is 0.251 e. The van der Waals surface area contributed by atoms with E-state index < -0.39 is 0 Å². The number of carbonyl (C=O) groups is 1. The van der Waals surface area contributed by atoms with E-state index in [9.17, 15) is 4.79 Å². The summed E-state index contributed by atoms with van der Waals surface area (Å²) in [6.45, 7) is 4.06. The first kappa shape index (κ1) is 10.9. The molecule has 1 aliphatic carbocycles. The Labute approximate surface area is 95.3 Å². The topological polar surface area (TPSA) is 68.0 Å². The van der Waals surface area contributed by atoms with Crippen LogP contribution in [-0.4, -0.2) is 16.9 Å². The molecule has 86 valence electrons. The predicted molar refractivity (Wildman–Crippen MR) is 63.2 cm³/mol. The number of pyridine rings is 1. The highest BCUT2D eigenvalue weighted by atomic mass is 16.1. The number of hydrogen-bond donors (Lipinski definition) is 2. The molecule has 1 aliphatic rings. The normalized spacial score (nSPS) is 15.2. The third-order valence-electron chi connectivity index (χ3n) is 2.63. The van der Waals surface area contributed by atoms with Crippen molar-refractivity contribution in [1.82, 2.24) is 10.3 Å². The second kappa shape index (κ2) is 4.12. The fourth-order valence-corrected chi connectivity index (χ4v) is 1.50. The second-order valence-corrected chi connectivity index (χ2v) is 4.61. The van der Waals surface area contributed by atoms with Crippen molar-refractivity contribution in [3.8, 4) is 0 Å². The van der Waals surface area contributed by atoms with E-state index in [0.29, 0.717) is 17.4 Å². The zero-order valence-corrected chi connectivity index (χ0v) is 9.66. The van der Waals surface area contributed by atoms with Crippen molar-refractivity contribution in [1.29, 1.82) is 0 Å². The van der Waals surface area contributed by atoms with E-state index >= 15 is 0 Å². The van der Waals surface area contributed by atoms with Gasteiger partial charge in [-0.2, -0.15) is 0 Å². The first-order chi connectivity index (χ1) is 7.56. The lowest BCUT2D eigenvalue weighted by molar-refractivity contribution is 0.0951. The minimum atomic E-state index is -0.0431. The first-order valence-electron chi connectivity index (χ1n) is 5.64. The molecule has 3 N–H and O–H groups in total. The van der Waals surface area contributed by atoms with Crippen molar-refractivity contribution >= 4 is 11.7 Å². The number of anilines is 1. The van der Waals surface area contributed by atoms with Gasteiger partial charge in [0.05, 0.1) is 0 Å². The molecule has 0 atom stereocenters. The number of nitrogens with two attached hydrogens (primary N) is 1. The molecule has 0 radical (unpaired) electrons. The van der Waals surface area contributed by atoms with Gasteiger partial charge in [0, 0.05) is 17.3 Å². The molecule has 1 fully saturated rings. The molecule has 1 heterocycles. The summed E-state index contributed by atoms with van der Waals surface area (Å²) in [6.07, 6.45) is 2.17. The van der Waals surface area contributed by atoms with Crippen LogP contribution in [-0.2, 0) is 0 Å². The molecule has 1 aromatic heterocycles. The van der Waals surface area contributed by atoms with Crippen LogP contribution in [0.25, 0.3) is 0 Å². The van der Waals surface area contributed by atoms with E-state index in [-0.39, 0.29) is 11.8 Å². The molecular weight excluding hydrogens is 202 g/mol. The molecule has 0 spiro atoms. The summed E-state index contributed by atoms with van der Waals surface area (Å²) in [5.74, 6) is 0.640. The SMILES string of the molecule is CC(C)c1cc(C(=O)NC2CC2)cc(N)n1. The lowest BCUT2D eigenvalue weighted by atomic mass is 10.1. The lowest BCUT2D eigenvalue weighted by Gasteiger charge is -2.09. The average molecular weight is 219 g/mol. The summed E-state index contributed by atoms with van der Waals surface area (Å²) in [7, 11) is 0. The van der Waals surface area contributed by atoms with Gasteiger partial charge in [-0.05, 0) is 30.9 Å². The lowest BCUT2D eigenvalue weighted by Crippen LogP contribution is -2.25. The number of rotatable bonds is 3. The third kappa shape index (κ3) is 2.51. The largest absolute Gasteiger partial charge is 0.384 e. The van der Waals surface area contributed by atoms with Gasteiger partial charge >= 0.3 is 0 Å². The maximum absolute atomic E-state index is 11.8. The number of hydrogen-bond acceptors (Lipinski definition) is 3. The number of nitrogens with one attached hydrogen (secondary N) is 1. The van der Waals surface area contributed by atoms with Crippen molar-refractivity contribution in [2.75, 3.05) is 5.73 Å². The molecule has 1 amide bonds. The van der Waals surface area contributed by atoms with Crippen molar-refractivity contribution in [3.05, 3.63) is 23.4 Å². The Balaban J connectivity index is 2.21. The van der Waals surface area contributed by atoms with Gasteiger partial charge in [-0.3, -0.25) is 4.79 Å². The van der Waals surface area contributed by atoms with Gasteiger partial charge in [-0.15, -0.1) is 0 Å². The Kier molecular flexibility index (Phi) is 2.81. The molecule has 0 unspecified atom stereocenters. The molecule has 16 heavy (non-hydrogen) atoms. The number of aromatic nitrogens is 1. The minimum absolute atomic E-state index is 0.0431. The quantitative estimate of drug-likeness (QED) is 0.812. The van der Waals surface area contributed by atoms with Crippen LogP contribution in [0.2, 0.25) is 0 Å². The Hall–Kier alpha value is -1.58. The molecule has 1 saturated carbocycles. The van der Waals surface area contributed by atoms with Crippen LogP contribution >= 0.6 is 0 Å². The summed E-state index contributed by atoms with van der Waals surface area (Å²) in [5.41, 5.74) is 7.17. The monoisotopic (exact) mass is 219 g/mol. The van der Waals surface area contributed by atoms with E-state index in [0.717, 1.165) is 18.5 Å². The highest BCUT2D eigenvalue weighted by Crippen LogP contribution is 2.20. The zero-order chi connectivity index (χ0) is 11.7. The standard InChI is InChI=1S/C12H17N3O/c1-7(2)10-5-8(6-11(13)15-10)12(16)14-9-3-4-9/h5-7,9H,3-4H2,1-2H3,(H2,13,15)(H,14,16). The molecular formula is C12H17N3O. The number of nitrogen functional groups attached to an aromatic ring is 1. The van der Waals surface area contributed by atoms with E-state index in [1.807, 2.05) is 19.9 Å². The highest BCUT2D eigenvalue weighted by molar-refractivity contribution is 5.95. The minimum Gasteiger partial charge on any atom is -0.384 e. The maximum Gasteiger partial charge on any atom is 0.251 e. The van der Waals surface area contributed by atoms with Crippen LogP contribution in [0.4, 0.5) is 5.82 Å². The van der Waals surface area contributed by atoms with Gasteiger partial charge in [0.2, 0.25) is 0 Å². The Morgan fingerprint density at radius 3 is 2.75 bits per heavy atom. The van der Waals surface area contributed by atoms with Crippen molar-refractivity contribution in [3.63, 3.8) is 0 Å². The third-order valence-corrected chi connectivity index (χ3v) is 2.63. The molecule has 1 aromatic rings.